The van der Waals surface area contributed by atoms with Crippen LogP contribution >= 0.6 is 0 Å². The summed E-state index contributed by atoms with van der Waals surface area (Å²) in [5.41, 5.74) is 7.71. The van der Waals surface area contributed by atoms with Crippen LogP contribution in [0, 0.1) is 0 Å². The molecule has 1 aromatic heterocycles. The zero-order valence-electron chi connectivity index (χ0n) is 11.2. The van der Waals surface area contributed by atoms with Crippen LogP contribution in [0.5, 0.6) is 0 Å². The first kappa shape index (κ1) is 12.7. The number of piperidine rings is 1. The van der Waals surface area contributed by atoms with Crippen molar-refractivity contribution in [3.63, 3.8) is 0 Å². The van der Waals surface area contributed by atoms with Crippen LogP contribution in [0.4, 0.5) is 11.5 Å². The topological polar surface area (TPSA) is 76.2 Å². The van der Waals surface area contributed by atoms with Crippen LogP contribution < -0.4 is 11.1 Å². The number of aromatic nitrogens is 2. The van der Waals surface area contributed by atoms with Gasteiger partial charge in [-0.2, -0.15) is 5.10 Å². The lowest BCUT2D eigenvalue weighted by Crippen LogP contribution is -2.43. The summed E-state index contributed by atoms with van der Waals surface area (Å²) in [6, 6.07) is 0.245. The number of nitrogens with one attached hydrogen (secondary N) is 1. The minimum Gasteiger partial charge on any atom is -0.394 e. The molecular weight excluding hydrogens is 230 g/mol. The Labute approximate surface area is 107 Å². The second-order valence-electron chi connectivity index (χ2n) is 4.84. The van der Waals surface area contributed by atoms with E-state index in [1.165, 1.54) is 0 Å². The number of nitrogens with two attached hydrogens (primary N) is 1. The number of likely N-dealkylation sites (N-methyl/N-ethyl adjacent to an activating group) is 1. The van der Waals surface area contributed by atoms with Crippen molar-refractivity contribution in [2.75, 3.05) is 24.6 Å². The van der Waals surface area contributed by atoms with Gasteiger partial charge in [-0.25, -0.2) is 0 Å². The highest BCUT2D eigenvalue weighted by atomic mass is 16.2. The molecule has 1 unspecified atom stereocenters. The van der Waals surface area contributed by atoms with E-state index in [0.717, 1.165) is 30.0 Å². The van der Waals surface area contributed by atoms with Gasteiger partial charge < -0.3 is 16.0 Å². The summed E-state index contributed by atoms with van der Waals surface area (Å²) in [5.74, 6) is 1.07. The predicted octanol–water partition coefficient (Wildman–Crippen LogP) is 0.597. The molecule has 1 aromatic rings. The Hall–Kier alpha value is -1.72. The SMILES string of the molecule is CCc1nn(C)c(NC2CCC(=O)N(C)C2)c1N. The molecule has 1 aliphatic heterocycles. The summed E-state index contributed by atoms with van der Waals surface area (Å²) < 4.78 is 1.78. The third-order valence-electron chi connectivity index (χ3n) is 3.46. The lowest BCUT2D eigenvalue weighted by Gasteiger charge is -2.30. The molecule has 0 spiro atoms. The highest BCUT2D eigenvalue weighted by Crippen LogP contribution is 2.24. The Morgan fingerprint density at radius 3 is 2.78 bits per heavy atom. The number of aryl methyl sites for hydroxylation is 2. The molecule has 3 N–H and O–H groups in total. The van der Waals surface area contributed by atoms with Crippen LogP contribution in [0.2, 0.25) is 0 Å². The molecule has 6 nitrogen and oxygen atoms in total. The molecule has 6 heteroatoms. The fourth-order valence-electron chi connectivity index (χ4n) is 2.35. The van der Waals surface area contributed by atoms with E-state index in [2.05, 4.69) is 10.4 Å². The van der Waals surface area contributed by atoms with Gasteiger partial charge in [0.15, 0.2) is 0 Å². The largest absolute Gasteiger partial charge is 0.394 e. The minimum absolute atomic E-state index is 0.209. The predicted molar refractivity (Wildman–Crippen MR) is 71.3 cm³/mol. The monoisotopic (exact) mass is 251 g/mol. The maximum absolute atomic E-state index is 11.4. The van der Waals surface area contributed by atoms with E-state index in [-0.39, 0.29) is 11.9 Å². The molecule has 0 bridgehead atoms. The van der Waals surface area contributed by atoms with Gasteiger partial charge in [-0.1, -0.05) is 6.92 Å². The molecule has 1 amide bonds. The maximum atomic E-state index is 11.4. The van der Waals surface area contributed by atoms with Crippen molar-refractivity contribution < 1.29 is 4.79 Å². The molecule has 0 aromatic carbocycles. The molecule has 18 heavy (non-hydrogen) atoms. The van der Waals surface area contributed by atoms with Gasteiger partial charge in [0.25, 0.3) is 0 Å². The molecule has 1 aliphatic rings. The van der Waals surface area contributed by atoms with E-state index < -0.39 is 0 Å². The zero-order valence-corrected chi connectivity index (χ0v) is 11.2. The lowest BCUT2D eigenvalue weighted by atomic mass is 10.1. The number of amides is 1. The van der Waals surface area contributed by atoms with Crippen LogP contribution in [0.25, 0.3) is 0 Å². The molecule has 0 saturated carbocycles. The second-order valence-corrected chi connectivity index (χ2v) is 4.84. The average molecular weight is 251 g/mol. The smallest absolute Gasteiger partial charge is 0.222 e. The number of hydrogen-bond donors (Lipinski definition) is 2. The Bertz CT molecular complexity index is 454. The fraction of sp³-hybridized carbons (Fsp3) is 0.667. The minimum atomic E-state index is 0.209. The van der Waals surface area contributed by atoms with E-state index in [4.69, 9.17) is 5.73 Å². The van der Waals surface area contributed by atoms with Crippen molar-refractivity contribution in [2.45, 2.75) is 32.2 Å². The number of nitrogens with zero attached hydrogens (tertiary/aromatic N) is 3. The number of carbonyl (C=O) groups is 1. The van der Waals surface area contributed by atoms with Crippen molar-refractivity contribution in [1.29, 1.82) is 0 Å². The highest BCUT2D eigenvalue weighted by molar-refractivity contribution is 5.77. The number of nitrogen functional groups attached to an aromatic ring is 1. The molecule has 2 heterocycles. The summed E-state index contributed by atoms with van der Waals surface area (Å²) in [7, 11) is 3.72. The highest BCUT2D eigenvalue weighted by Gasteiger charge is 2.24. The molecular formula is C12H21N5O. The van der Waals surface area contributed by atoms with Gasteiger partial charge in [-0.15, -0.1) is 0 Å². The number of hydrogen-bond acceptors (Lipinski definition) is 4. The van der Waals surface area contributed by atoms with Crippen molar-refractivity contribution in [2.24, 2.45) is 7.05 Å². The summed E-state index contributed by atoms with van der Waals surface area (Å²) in [5, 5.41) is 7.78. The Kier molecular flexibility index (Phi) is 3.45. The van der Waals surface area contributed by atoms with Gasteiger partial charge in [-0.3, -0.25) is 9.48 Å². The van der Waals surface area contributed by atoms with Crippen molar-refractivity contribution in [1.82, 2.24) is 14.7 Å². The molecule has 1 saturated heterocycles. The molecule has 0 radical (unpaired) electrons. The Balaban J connectivity index is 2.10. The summed E-state index contributed by atoms with van der Waals surface area (Å²) in [6.45, 7) is 2.75. The quantitative estimate of drug-likeness (QED) is 0.824. The van der Waals surface area contributed by atoms with E-state index >= 15 is 0 Å². The number of rotatable bonds is 3. The molecule has 2 rings (SSSR count). The van der Waals surface area contributed by atoms with Crippen molar-refractivity contribution in [3.05, 3.63) is 5.69 Å². The van der Waals surface area contributed by atoms with Crippen LogP contribution in [0.1, 0.15) is 25.5 Å². The normalized spacial score (nSPS) is 20.3. The van der Waals surface area contributed by atoms with E-state index in [1.54, 1.807) is 9.58 Å². The Morgan fingerprint density at radius 1 is 1.50 bits per heavy atom. The van der Waals surface area contributed by atoms with E-state index in [0.29, 0.717) is 13.0 Å². The van der Waals surface area contributed by atoms with Crippen LogP contribution in [0.3, 0.4) is 0 Å². The average Bonchev–Trinajstić information content (AvgIpc) is 2.61. The third kappa shape index (κ3) is 2.27. The number of anilines is 2. The van der Waals surface area contributed by atoms with Gasteiger partial charge in [-0.05, 0) is 12.8 Å². The van der Waals surface area contributed by atoms with Crippen LogP contribution in [-0.4, -0.2) is 40.2 Å². The van der Waals surface area contributed by atoms with Crippen molar-refractivity contribution in [3.8, 4) is 0 Å². The van der Waals surface area contributed by atoms with Crippen molar-refractivity contribution >= 4 is 17.4 Å². The van der Waals surface area contributed by atoms with Gasteiger partial charge in [0, 0.05) is 33.1 Å². The second kappa shape index (κ2) is 4.88. The van der Waals surface area contributed by atoms with Gasteiger partial charge >= 0.3 is 0 Å². The molecule has 1 atom stereocenters. The zero-order chi connectivity index (χ0) is 13.3. The summed E-state index contributed by atoms with van der Waals surface area (Å²) in [6.07, 6.45) is 2.26. The molecule has 1 fully saturated rings. The summed E-state index contributed by atoms with van der Waals surface area (Å²) >= 11 is 0. The van der Waals surface area contributed by atoms with Gasteiger partial charge in [0.1, 0.15) is 5.82 Å². The standard InChI is InChI=1S/C12H21N5O/c1-4-9-11(13)12(17(3)15-9)14-8-5-6-10(18)16(2)7-8/h8,14H,4-7,13H2,1-3H3. The fourth-order valence-corrected chi connectivity index (χ4v) is 2.35. The van der Waals surface area contributed by atoms with Gasteiger partial charge in [0.05, 0.1) is 11.4 Å². The van der Waals surface area contributed by atoms with E-state index in [9.17, 15) is 4.79 Å². The maximum Gasteiger partial charge on any atom is 0.222 e. The first-order valence-corrected chi connectivity index (χ1v) is 6.34. The number of likely N-dealkylation sites (tertiary alicyclic amines) is 1. The molecule has 100 valence electrons. The van der Waals surface area contributed by atoms with Crippen LogP contribution in [0.15, 0.2) is 0 Å². The Morgan fingerprint density at radius 2 is 2.22 bits per heavy atom. The number of carbonyl (C=O) groups excluding carboxylic acids is 1. The molecule has 0 aliphatic carbocycles. The summed E-state index contributed by atoms with van der Waals surface area (Å²) in [4.78, 5) is 13.2. The first-order chi connectivity index (χ1) is 8.52. The van der Waals surface area contributed by atoms with Gasteiger partial charge in [0.2, 0.25) is 5.91 Å². The van der Waals surface area contributed by atoms with E-state index in [1.807, 2.05) is 21.0 Å². The lowest BCUT2D eigenvalue weighted by molar-refractivity contribution is -0.132. The first-order valence-electron chi connectivity index (χ1n) is 6.34. The third-order valence-corrected chi connectivity index (χ3v) is 3.46. The van der Waals surface area contributed by atoms with Crippen LogP contribution in [-0.2, 0) is 18.3 Å².